The van der Waals surface area contributed by atoms with E-state index in [1.54, 1.807) is 28.4 Å². The minimum absolute atomic E-state index is 0.150. The van der Waals surface area contributed by atoms with Crippen LogP contribution in [0.2, 0.25) is 0 Å². The van der Waals surface area contributed by atoms with E-state index in [2.05, 4.69) is 5.32 Å². The van der Waals surface area contributed by atoms with Gasteiger partial charge in [0, 0.05) is 18.8 Å². The van der Waals surface area contributed by atoms with Crippen molar-refractivity contribution in [1.82, 2.24) is 5.32 Å². The molecule has 0 saturated carbocycles. The number of carbonyl (C=O) groups is 2. The fourth-order valence-corrected chi connectivity index (χ4v) is 3.08. The van der Waals surface area contributed by atoms with Crippen LogP contribution in [-0.2, 0) is 13.0 Å². The maximum atomic E-state index is 12.2. The largest absolute Gasteiger partial charge is 0.478 e. The van der Waals surface area contributed by atoms with Crippen molar-refractivity contribution in [2.45, 2.75) is 13.0 Å². The smallest absolute Gasteiger partial charge is 0.335 e. The number of urea groups is 1. The number of benzene rings is 1. The van der Waals surface area contributed by atoms with Crippen molar-refractivity contribution >= 4 is 29.0 Å². The van der Waals surface area contributed by atoms with Crippen molar-refractivity contribution in [1.29, 1.82) is 0 Å². The Labute approximate surface area is 125 Å². The van der Waals surface area contributed by atoms with E-state index in [1.807, 2.05) is 16.8 Å². The Hall–Kier alpha value is -2.34. The quantitative estimate of drug-likeness (QED) is 0.916. The standard InChI is InChI=1S/C15H14N2O3S/c18-14(19)12-1-2-13-11(7-12)3-5-17(13)15(20)16-8-10-4-6-21-9-10/h1-2,4,6-7,9H,3,5,8H2,(H,16,20)(H,18,19). The highest BCUT2D eigenvalue weighted by Gasteiger charge is 2.25. The van der Waals surface area contributed by atoms with Gasteiger partial charge >= 0.3 is 12.0 Å². The van der Waals surface area contributed by atoms with E-state index in [4.69, 9.17) is 5.11 Å². The van der Waals surface area contributed by atoms with E-state index in [9.17, 15) is 9.59 Å². The van der Waals surface area contributed by atoms with Crippen molar-refractivity contribution in [3.05, 3.63) is 51.7 Å². The third-order valence-corrected chi connectivity index (χ3v) is 4.22. The van der Waals surface area contributed by atoms with Gasteiger partial charge in [-0.05, 0) is 52.6 Å². The lowest BCUT2D eigenvalue weighted by molar-refractivity contribution is 0.0697. The third kappa shape index (κ3) is 2.75. The molecule has 0 unspecified atom stereocenters. The first-order chi connectivity index (χ1) is 10.1. The van der Waals surface area contributed by atoms with Crippen molar-refractivity contribution in [3.63, 3.8) is 0 Å². The summed E-state index contributed by atoms with van der Waals surface area (Å²) in [5.41, 5.74) is 3.03. The summed E-state index contributed by atoms with van der Waals surface area (Å²) >= 11 is 1.60. The van der Waals surface area contributed by atoms with Crippen LogP contribution in [0.15, 0.2) is 35.0 Å². The minimum Gasteiger partial charge on any atom is -0.478 e. The number of rotatable bonds is 3. The Morgan fingerprint density at radius 1 is 1.33 bits per heavy atom. The number of carboxylic acid groups (broad SMARTS) is 1. The molecule has 0 aliphatic carbocycles. The normalized spacial score (nSPS) is 13.0. The van der Waals surface area contributed by atoms with E-state index in [0.717, 1.165) is 16.8 Å². The van der Waals surface area contributed by atoms with Crippen LogP contribution in [0.5, 0.6) is 0 Å². The molecular formula is C15H14N2O3S. The summed E-state index contributed by atoms with van der Waals surface area (Å²) in [6, 6.07) is 6.70. The average Bonchev–Trinajstić information content (AvgIpc) is 3.13. The number of aromatic carboxylic acids is 1. The van der Waals surface area contributed by atoms with Gasteiger partial charge in [-0.25, -0.2) is 9.59 Å². The molecule has 2 amide bonds. The van der Waals surface area contributed by atoms with Crippen molar-refractivity contribution < 1.29 is 14.7 Å². The number of carbonyl (C=O) groups excluding carboxylic acids is 1. The first kappa shape index (κ1) is 13.6. The molecule has 0 atom stereocenters. The molecule has 0 fully saturated rings. The molecule has 1 aliphatic rings. The number of thiophene rings is 1. The Balaban J connectivity index is 1.71. The summed E-state index contributed by atoms with van der Waals surface area (Å²) in [7, 11) is 0. The summed E-state index contributed by atoms with van der Waals surface area (Å²) in [6.45, 7) is 1.08. The van der Waals surface area contributed by atoms with Crippen molar-refractivity contribution in [3.8, 4) is 0 Å². The lowest BCUT2D eigenvalue weighted by atomic mass is 10.1. The molecule has 108 valence electrons. The number of amides is 2. The van der Waals surface area contributed by atoms with Crippen LogP contribution in [0, 0.1) is 0 Å². The summed E-state index contributed by atoms with van der Waals surface area (Å²) in [4.78, 5) is 24.8. The number of nitrogens with zero attached hydrogens (tertiary/aromatic N) is 1. The summed E-state index contributed by atoms with van der Waals surface area (Å²) in [6.07, 6.45) is 0.683. The van der Waals surface area contributed by atoms with Crippen LogP contribution < -0.4 is 10.2 Å². The molecule has 0 bridgehead atoms. The predicted octanol–water partition coefficient (Wildman–Crippen LogP) is 2.72. The summed E-state index contributed by atoms with van der Waals surface area (Å²) in [5, 5.41) is 15.8. The maximum absolute atomic E-state index is 12.2. The predicted molar refractivity (Wildman–Crippen MR) is 81.0 cm³/mol. The van der Waals surface area contributed by atoms with E-state index in [-0.39, 0.29) is 11.6 Å². The van der Waals surface area contributed by atoms with Gasteiger partial charge in [0.2, 0.25) is 0 Å². The summed E-state index contributed by atoms with van der Waals surface area (Å²) < 4.78 is 0. The van der Waals surface area contributed by atoms with Gasteiger partial charge in [-0.15, -0.1) is 0 Å². The highest BCUT2D eigenvalue weighted by molar-refractivity contribution is 7.07. The van der Waals surface area contributed by atoms with Crippen molar-refractivity contribution in [2.24, 2.45) is 0 Å². The van der Waals surface area contributed by atoms with Gasteiger partial charge in [0.15, 0.2) is 0 Å². The SMILES string of the molecule is O=C(O)c1ccc2c(c1)CCN2C(=O)NCc1ccsc1. The molecule has 1 aromatic carbocycles. The highest BCUT2D eigenvalue weighted by Crippen LogP contribution is 2.28. The van der Waals surface area contributed by atoms with Crippen molar-refractivity contribution in [2.75, 3.05) is 11.4 Å². The molecule has 21 heavy (non-hydrogen) atoms. The van der Waals surface area contributed by atoms with Crippen LogP contribution in [-0.4, -0.2) is 23.7 Å². The van der Waals surface area contributed by atoms with Crippen LogP contribution >= 0.6 is 11.3 Å². The minimum atomic E-state index is -0.946. The zero-order chi connectivity index (χ0) is 14.8. The number of anilines is 1. The number of fused-ring (bicyclic) bond motifs is 1. The molecule has 2 N–H and O–H groups in total. The molecule has 0 radical (unpaired) electrons. The molecule has 3 rings (SSSR count). The van der Waals surface area contributed by atoms with E-state index in [0.29, 0.717) is 19.5 Å². The Kier molecular flexibility index (Phi) is 3.62. The molecule has 1 aromatic heterocycles. The second kappa shape index (κ2) is 5.57. The topological polar surface area (TPSA) is 69.6 Å². The second-order valence-electron chi connectivity index (χ2n) is 4.84. The molecule has 2 aromatic rings. The zero-order valence-corrected chi connectivity index (χ0v) is 12.0. The van der Waals surface area contributed by atoms with Gasteiger partial charge in [0.1, 0.15) is 0 Å². The van der Waals surface area contributed by atoms with Crippen LogP contribution in [0.1, 0.15) is 21.5 Å². The highest BCUT2D eigenvalue weighted by atomic mass is 32.1. The van der Waals surface area contributed by atoms with Gasteiger partial charge in [0.25, 0.3) is 0 Å². The third-order valence-electron chi connectivity index (χ3n) is 3.49. The molecule has 0 spiro atoms. The second-order valence-corrected chi connectivity index (χ2v) is 5.62. The maximum Gasteiger partial charge on any atom is 0.335 e. The molecule has 0 saturated heterocycles. The van der Waals surface area contributed by atoms with Gasteiger partial charge in [-0.1, -0.05) is 0 Å². The Morgan fingerprint density at radius 3 is 2.90 bits per heavy atom. The van der Waals surface area contributed by atoms with Gasteiger partial charge in [-0.3, -0.25) is 4.90 Å². The van der Waals surface area contributed by atoms with E-state index >= 15 is 0 Å². The Morgan fingerprint density at radius 2 is 2.19 bits per heavy atom. The fourth-order valence-electron chi connectivity index (χ4n) is 2.41. The summed E-state index contributed by atoms with van der Waals surface area (Å²) in [5.74, 6) is -0.946. The molecule has 2 heterocycles. The number of hydrogen-bond acceptors (Lipinski definition) is 3. The number of nitrogens with one attached hydrogen (secondary N) is 1. The zero-order valence-electron chi connectivity index (χ0n) is 11.2. The molecule has 5 nitrogen and oxygen atoms in total. The van der Waals surface area contributed by atoms with Gasteiger partial charge < -0.3 is 10.4 Å². The Bertz CT molecular complexity index is 682. The monoisotopic (exact) mass is 302 g/mol. The lowest BCUT2D eigenvalue weighted by Gasteiger charge is -2.18. The van der Waals surface area contributed by atoms with Gasteiger partial charge in [-0.2, -0.15) is 11.3 Å². The van der Waals surface area contributed by atoms with Crippen LogP contribution in [0.25, 0.3) is 0 Å². The molecular weight excluding hydrogens is 288 g/mol. The van der Waals surface area contributed by atoms with Gasteiger partial charge in [0.05, 0.1) is 5.56 Å². The van der Waals surface area contributed by atoms with E-state index < -0.39 is 5.97 Å². The average molecular weight is 302 g/mol. The van der Waals surface area contributed by atoms with Crippen LogP contribution in [0.4, 0.5) is 10.5 Å². The first-order valence-corrected chi connectivity index (χ1v) is 7.52. The number of carboxylic acids is 1. The number of hydrogen-bond donors (Lipinski definition) is 2. The van der Waals surface area contributed by atoms with Crippen LogP contribution in [0.3, 0.4) is 0 Å². The molecule has 1 aliphatic heterocycles. The van der Waals surface area contributed by atoms with E-state index in [1.165, 1.54) is 6.07 Å². The fraction of sp³-hybridized carbons (Fsp3) is 0.200. The lowest BCUT2D eigenvalue weighted by Crippen LogP contribution is -2.38. The molecule has 6 heteroatoms. The first-order valence-electron chi connectivity index (χ1n) is 6.58.